The predicted octanol–water partition coefficient (Wildman–Crippen LogP) is 2.91. The Morgan fingerprint density at radius 1 is 1.38 bits per heavy atom. The zero-order chi connectivity index (χ0) is 18.7. The average molecular weight is 358 g/mol. The van der Waals surface area contributed by atoms with Crippen molar-refractivity contribution in [1.82, 2.24) is 19.4 Å². The molecule has 0 aliphatic carbocycles. The second kappa shape index (κ2) is 7.99. The lowest BCUT2D eigenvalue weighted by Gasteiger charge is -2.33. The largest absolute Gasteiger partial charge is 0.338 e. The quantitative estimate of drug-likeness (QED) is 0.825. The molecule has 1 aromatic carbocycles. The number of imidazole rings is 1. The highest BCUT2D eigenvalue weighted by molar-refractivity contribution is 5.94. The van der Waals surface area contributed by atoms with E-state index in [-0.39, 0.29) is 17.6 Å². The average Bonchev–Trinajstić information content (AvgIpc) is 3.10. The van der Waals surface area contributed by atoms with E-state index < -0.39 is 0 Å². The van der Waals surface area contributed by atoms with Gasteiger partial charge in [0.15, 0.2) is 0 Å². The van der Waals surface area contributed by atoms with E-state index >= 15 is 0 Å². The van der Waals surface area contributed by atoms with Gasteiger partial charge in [0, 0.05) is 50.1 Å². The summed E-state index contributed by atoms with van der Waals surface area (Å²) >= 11 is 0. The van der Waals surface area contributed by atoms with Crippen LogP contribution in [0.15, 0.2) is 30.6 Å². The molecule has 0 spiro atoms. The number of rotatable bonds is 5. The minimum Gasteiger partial charge on any atom is -0.338 e. The Hall–Kier alpha value is -2.21. The van der Waals surface area contributed by atoms with Crippen LogP contribution in [-0.2, 0) is 6.54 Å². The second-order valence-corrected chi connectivity index (χ2v) is 7.34. The van der Waals surface area contributed by atoms with Crippen LogP contribution >= 0.6 is 0 Å². The summed E-state index contributed by atoms with van der Waals surface area (Å²) in [5, 5.41) is 0. The number of carbonyl (C=O) groups excluding carboxylic acids is 1. The zero-order valence-corrected chi connectivity index (χ0v) is 15.8. The van der Waals surface area contributed by atoms with Gasteiger partial charge in [-0.15, -0.1) is 0 Å². The Kier molecular flexibility index (Phi) is 5.71. The van der Waals surface area contributed by atoms with Gasteiger partial charge in [-0.25, -0.2) is 9.37 Å². The normalized spacial score (nSPS) is 17.7. The van der Waals surface area contributed by atoms with E-state index in [0.717, 1.165) is 38.3 Å². The molecule has 6 heteroatoms. The lowest BCUT2D eigenvalue weighted by atomic mass is 9.96. The van der Waals surface area contributed by atoms with E-state index in [2.05, 4.69) is 28.5 Å². The number of halogens is 1. The predicted molar refractivity (Wildman–Crippen MR) is 99.8 cm³/mol. The van der Waals surface area contributed by atoms with Gasteiger partial charge >= 0.3 is 0 Å². The highest BCUT2D eigenvalue weighted by atomic mass is 19.1. The summed E-state index contributed by atoms with van der Waals surface area (Å²) in [6.45, 7) is 4.93. The fourth-order valence-corrected chi connectivity index (χ4v) is 3.51. The number of aryl methyl sites for hydroxylation is 1. The van der Waals surface area contributed by atoms with Gasteiger partial charge in [-0.2, -0.15) is 0 Å². The standard InChI is InChI=1S/C20H27FN4O/c1-15-13-16(6-7-18(15)21)20(26)25-9-4-5-17(14-25)19-22-8-10-24(19)12-11-23(2)3/h6-8,10,13,17H,4-5,9,11-12,14H2,1-3H3/t17-/m0/s1. The summed E-state index contributed by atoms with van der Waals surface area (Å²) in [7, 11) is 4.12. The molecule has 0 N–H and O–H groups in total. The third kappa shape index (κ3) is 4.12. The Morgan fingerprint density at radius 3 is 2.92 bits per heavy atom. The summed E-state index contributed by atoms with van der Waals surface area (Å²) in [5.41, 5.74) is 1.06. The van der Waals surface area contributed by atoms with Crippen LogP contribution < -0.4 is 0 Å². The topological polar surface area (TPSA) is 41.4 Å². The van der Waals surface area contributed by atoms with Crippen LogP contribution in [0.2, 0.25) is 0 Å². The number of aromatic nitrogens is 2. The number of piperidine rings is 1. The first-order valence-corrected chi connectivity index (χ1v) is 9.17. The van der Waals surface area contributed by atoms with Crippen LogP contribution in [-0.4, -0.2) is 59.0 Å². The van der Waals surface area contributed by atoms with E-state index in [0.29, 0.717) is 17.7 Å². The lowest BCUT2D eigenvalue weighted by Crippen LogP contribution is -2.40. The van der Waals surface area contributed by atoms with Crippen LogP contribution in [0.4, 0.5) is 4.39 Å². The Morgan fingerprint density at radius 2 is 2.19 bits per heavy atom. The van der Waals surface area contributed by atoms with E-state index in [1.54, 1.807) is 19.1 Å². The van der Waals surface area contributed by atoms with Gasteiger partial charge < -0.3 is 14.4 Å². The third-order valence-corrected chi connectivity index (χ3v) is 5.01. The molecular formula is C20H27FN4O. The zero-order valence-electron chi connectivity index (χ0n) is 15.8. The molecule has 1 aromatic heterocycles. The Labute approximate surface area is 154 Å². The number of hydrogen-bond donors (Lipinski definition) is 0. The van der Waals surface area contributed by atoms with Crippen LogP contribution in [0, 0.1) is 12.7 Å². The van der Waals surface area contributed by atoms with Gasteiger partial charge in [0.25, 0.3) is 5.91 Å². The number of nitrogens with zero attached hydrogens (tertiary/aromatic N) is 4. The van der Waals surface area contributed by atoms with Crippen molar-refractivity contribution in [2.24, 2.45) is 0 Å². The first-order chi connectivity index (χ1) is 12.5. The maximum Gasteiger partial charge on any atom is 0.253 e. The van der Waals surface area contributed by atoms with E-state index in [4.69, 9.17) is 0 Å². The van der Waals surface area contributed by atoms with Crippen LogP contribution in [0.25, 0.3) is 0 Å². The van der Waals surface area contributed by atoms with Crippen molar-refractivity contribution < 1.29 is 9.18 Å². The van der Waals surface area contributed by atoms with Gasteiger partial charge in [-0.3, -0.25) is 4.79 Å². The first kappa shape index (κ1) is 18.6. The molecule has 0 unspecified atom stereocenters. The molecule has 26 heavy (non-hydrogen) atoms. The van der Waals surface area contributed by atoms with E-state index in [9.17, 15) is 9.18 Å². The molecule has 0 saturated carbocycles. The number of amides is 1. The number of carbonyl (C=O) groups is 1. The van der Waals surface area contributed by atoms with Crippen molar-refractivity contribution >= 4 is 5.91 Å². The first-order valence-electron chi connectivity index (χ1n) is 9.17. The smallest absolute Gasteiger partial charge is 0.253 e. The van der Waals surface area contributed by atoms with E-state index in [1.165, 1.54) is 6.07 Å². The minimum atomic E-state index is -0.277. The molecule has 2 aromatic rings. The molecule has 0 radical (unpaired) electrons. The van der Waals surface area contributed by atoms with Gasteiger partial charge in [0.05, 0.1) is 0 Å². The fraction of sp³-hybridized carbons (Fsp3) is 0.500. The lowest BCUT2D eigenvalue weighted by molar-refractivity contribution is 0.0703. The molecule has 3 rings (SSSR count). The van der Waals surface area contributed by atoms with Crippen molar-refractivity contribution in [3.63, 3.8) is 0 Å². The van der Waals surface area contributed by atoms with Gasteiger partial charge in [-0.1, -0.05) is 0 Å². The third-order valence-electron chi connectivity index (χ3n) is 5.01. The maximum absolute atomic E-state index is 13.5. The van der Waals surface area contributed by atoms with Crippen molar-refractivity contribution in [2.75, 3.05) is 33.7 Å². The molecule has 1 amide bonds. The number of benzene rings is 1. The monoisotopic (exact) mass is 358 g/mol. The van der Waals surface area contributed by atoms with Gasteiger partial charge in [0.2, 0.25) is 0 Å². The summed E-state index contributed by atoms with van der Waals surface area (Å²) in [5.74, 6) is 0.997. The summed E-state index contributed by atoms with van der Waals surface area (Å²) in [4.78, 5) is 21.4. The molecule has 1 saturated heterocycles. The molecule has 1 aliphatic rings. The van der Waals surface area contributed by atoms with Crippen molar-refractivity contribution in [3.05, 3.63) is 53.4 Å². The number of hydrogen-bond acceptors (Lipinski definition) is 3. The number of likely N-dealkylation sites (N-methyl/N-ethyl adjacent to an activating group) is 1. The fourth-order valence-electron chi connectivity index (χ4n) is 3.51. The SMILES string of the molecule is Cc1cc(C(=O)N2CCC[C@H](c3nccn3CCN(C)C)C2)ccc1F. The van der Waals surface area contributed by atoms with Crippen molar-refractivity contribution in [2.45, 2.75) is 32.2 Å². The van der Waals surface area contributed by atoms with Crippen molar-refractivity contribution in [3.8, 4) is 0 Å². The Bertz CT molecular complexity index is 771. The molecule has 1 aliphatic heterocycles. The van der Waals surface area contributed by atoms with Gasteiger partial charge in [-0.05, 0) is 57.6 Å². The van der Waals surface area contributed by atoms with Crippen LogP contribution in [0.1, 0.15) is 40.5 Å². The highest BCUT2D eigenvalue weighted by Gasteiger charge is 2.28. The maximum atomic E-state index is 13.5. The molecule has 140 valence electrons. The Balaban J connectivity index is 1.72. The highest BCUT2D eigenvalue weighted by Crippen LogP contribution is 2.27. The van der Waals surface area contributed by atoms with Crippen LogP contribution in [0.3, 0.4) is 0 Å². The summed E-state index contributed by atoms with van der Waals surface area (Å²) in [6, 6.07) is 4.59. The summed E-state index contributed by atoms with van der Waals surface area (Å²) in [6.07, 6.45) is 5.85. The molecule has 0 bridgehead atoms. The van der Waals surface area contributed by atoms with Gasteiger partial charge in [0.1, 0.15) is 11.6 Å². The summed E-state index contributed by atoms with van der Waals surface area (Å²) < 4.78 is 15.7. The molecule has 1 fully saturated rings. The number of likely N-dealkylation sites (tertiary alicyclic amines) is 1. The minimum absolute atomic E-state index is 0.0239. The van der Waals surface area contributed by atoms with E-state index in [1.807, 2.05) is 17.3 Å². The molecule has 5 nitrogen and oxygen atoms in total. The van der Waals surface area contributed by atoms with Crippen molar-refractivity contribution in [1.29, 1.82) is 0 Å². The van der Waals surface area contributed by atoms with Crippen LogP contribution in [0.5, 0.6) is 0 Å². The second-order valence-electron chi connectivity index (χ2n) is 7.34. The molecule has 2 heterocycles. The molecule has 1 atom stereocenters. The molecular weight excluding hydrogens is 331 g/mol.